The molecule has 9 nitrogen and oxygen atoms in total. The molecule has 2 aliphatic heterocycles. The van der Waals surface area contributed by atoms with Gasteiger partial charge in [0.2, 0.25) is 6.79 Å². The first-order chi connectivity index (χ1) is 16.4. The molecular weight excluding hydrogens is 438 g/mol. The molecule has 0 spiro atoms. The van der Waals surface area contributed by atoms with Crippen LogP contribution in [0, 0.1) is 5.92 Å². The van der Waals surface area contributed by atoms with Gasteiger partial charge < -0.3 is 19.5 Å². The number of carbonyl (C=O) groups is 1. The predicted octanol–water partition coefficient (Wildman–Crippen LogP) is 2.24. The summed E-state index contributed by atoms with van der Waals surface area (Å²) in [6.07, 6.45) is 0. The highest BCUT2D eigenvalue weighted by atomic mass is 16.7. The smallest absolute Gasteiger partial charge is 0.332 e. The van der Waals surface area contributed by atoms with E-state index in [4.69, 9.17) is 14.2 Å². The molecule has 0 saturated carbocycles. The van der Waals surface area contributed by atoms with Crippen molar-refractivity contribution in [2.75, 3.05) is 12.1 Å². The van der Waals surface area contributed by atoms with Gasteiger partial charge in [0.25, 0.3) is 5.56 Å². The lowest BCUT2D eigenvalue weighted by molar-refractivity contribution is -0.149. The maximum absolute atomic E-state index is 13.4. The number of esters is 1. The van der Waals surface area contributed by atoms with Crippen LogP contribution >= 0.6 is 0 Å². The van der Waals surface area contributed by atoms with Crippen LogP contribution in [0.3, 0.4) is 0 Å². The highest BCUT2D eigenvalue weighted by molar-refractivity contribution is 5.81. The molecule has 5 rings (SSSR count). The van der Waals surface area contributed by atoms with Gasteiger partial charge in [0, 0.05) is 25.7 Å². The number of aromatic nitrogens is 2. The zero-order chi connectivity index (χ0) is 24.0. The third-order valence-corrected chi connectivity index (χ3v) is 6.23. The summed E-state index contributed by atoms with van der Waals surface area (Å²) in [6, 6.07) is 14.6. The van der Waals surface area contributed by atoms with E-state index in [0.29, 0.717) is 28.6 Å². The van der Waals surface area contributed by atoms with Gasteiger partial charge in [-0.15, -0.1) is 0 Å². The fourth-order valence-electron chi connectivity index (χ4n) is 4.46. The zero-order valence-electron chi connectivity index (χ0n) is 18.7. The van der Waals surface area contributed by atoms with Crippen molar-refractivity contribution < 1.29 is 19.0 Å². The van der Waals surface area contributed by atoms with Gasteiger partial charge in [-0.1, -0.05) is 43.0 Å². The summed E-state index contributed by atoms with van der Waals surface area (Å²) in [5.41, 5.74) is 1.10. The summed E-state index contributed by atoms with van der Waals surface area (Å²) in [5.74, 6) is -0.818. The van der Waals surface area contributed by atoms with Gasteiger partial charge in [0.15, 0.2) is 11.5 Å². The van der Waals surface area contributed by atoms with Crippen molar-refractivity contribution >= 4 is 11.8 Å². The van der Waals surface area contributed by atoms with E-state index >= 15 is 0 Å². The lowest BCUT2D eigenvalue weighted by atomic mass is 9.77. The Morgan fingerprint density at radius 2 is 1.82 bits per heavy atom. The Balaban J connectivity index is 1.63. The second kappa shape index (κ2) is 8.26. The molecule has 0 saturated heterocycles. The van der Waals surface area contributed by atoms with E-state index in [1.54, 1.807) is 25.2 Å². The first-order valence-corrected chi connectivity index (χ1v) is 10.7. The van der Waals surface area contributed by atoms with Gasteiger partial charge in [-0.25, -0.2) is 4.79 Å². The van der Waals surface area contributed by atoms with Gasteiger partial charge in [-0.3, -0.25) is 18.7 Å². The summed E-state index contributed by atoms with van der Waals surface area (Å²) in [4.78, 5) is 39.3. The summed E-state index contributed by atoms with van der Waals surface area (Å²) in [6.45, 7) is 4.22. The molecule has 34 heavy (non-hydrogen) atoms. The number of benzene rings is 2. The molecule has 3 heterocycles. The van der Waals surface area contributed by atoms with Crippen LogP contribution in [0.1, 0.15) is 22.6 Å². The number of carbonyl (C=O) groups excluding carboxylic acids is 1. The molecule has 2 unspecified atom stereocenters. The van der Waals surface area contributed by atoms with E-state index in [-0.39, 0.29) is 19.0 Å². The van der Waals surface area contributed by atoms with Crippen molar-refractivity contribution in [2.45, 2.75) is 12.5 Å². The van der Waals surface area contributed by atoms with Crippen molar-refractivity contribution in [2.24, 2.45) is 20.0 Å². The van der Waals surface area contributed by atoms with Crippen molar-refractivity contribution in [1.82, 2.24) is 9.13 Å². The Kier molecular flexibility index (Phi) is 5.24. The van der Waals surface area contributed by atoms with Crippen LogP contribution in [0.2, 0.25) is 0 Å². The molecule has 2 aliphatic rings. The van der Waals surface area contributed by atoms with E-state index in [2.05, 4.69) is 11.9 Å². The van der Waals surface area contributed by atoms with Crippen molar-refractivity contribution in [1.29, 1.82) is 0 Å². The Morgan fingerprint density at radius 1 is 1.09 bits per heavy atom. The number of nitrogens with zero attached hydrogens (tertiary/aromatic N) is 2. The van der Waals surface area contributed by atoms with Crippen LogP contribution in [0.15, 0.2) is 70.4 Å². The summed E-state index contributed by atoms with van der Waals surface area (Å²) in [7, 11) is 2.97. The molecule has 0 fully saturated rings. The van der Waals surface area contributed by atoms with Crippen molar-refractivity contribution in [3.8, 4) is 11.5 Å². The van der Waals surface area contributed by atoms with Crippen LogP contribution in [0.5, 0.6) is 11.5 Å². The van der Waals surface area contributed by atoms with E-state index in [1.807, 2.05) is 30.3 Å². The van der Waals surface area contributed by atoms with Gasteiger partial charge in [0.05, 0.1) is 5.56 Å². The Bertz CT molecular complexity index is 1420. The average molecular weight is 461 g/mol. The second-order valence-corrected chi connectivity index (χ2v) is 8.28. The number of ether oxygens (including phenoxy) is 3. The first-order valence-electron chi connectivity index (χ1n) is 10.7. The monoisotopic (exact) mass is 461 g/mol. The normalized spacial score (nSPS) is 18.2. The number of nitrogens with one attached hydrogen (secondary N) is 1. The quantitative estimate of drug-likeness (QED) is 0.595. The average Bonchev–Trinajstić information content (AvgIpc) is 3.32. The van der Waals surface area contributed by atoms with Gasteiger partial charge >= 0.3 is 11.7 Å². The van der Waals surface area contributed by atoms with Crippen LogP contribution in [-0.4, -0.2) is 21.9 Å². The van der Waals surface area contributed by atoms with Crippen molar-refractivity contribution in [3.05, 3.63) is 98.3 Å². The summed E-state index contributed by atoms with van der Waals surface area (Å²) >= 11 is 0. The molecule has 0 radical (unpaired) electrons. The second-order valence-electron chi connectivity index (χ2n) is 8.28. The minimum atomic E-state index is -0.915. The summed E-state index contributed by atoms with van der Waals surface area (Å²) < 4.78 is 19.0. The Morgan fingerprint density at radius 3 is 2.59 bits per heavy atom. The largest absolute Gasteiger partial charge is 0.460 e. The highest BCUT2D eigenvalue weighted by Gasteiger charge is 2.43. The van der Waals surface area contributed by atoms with E-state index in [1.165, 1.54) is 11.6 Å². The fraction of sp³-hybridized carbons (Fsp3) is 0.240. The number of hydrogen-bond acceptors (Lipinski definition) is 7. The topological polar surface area (TPSA) is 101 Å². The van der Waals surface area contributed by atoms with Gasteiger partial charge in [0.1, 0.15) is 18.3 Å². The lowest BCUT2D eigenvalue weighted by Gasteiger charge is -2.35. The Labute approximate surface area is 194 Å². The minimum absolute atomic E-state index is 0.0788. The van der Waals surface area contributed by atoms with Gasteiger partial charge in [-0.05, 0) is 23.3 Å². The van der Waals surface area contributed by atoms with Crippen LogP contribution in [0.25, 0.3) is 0 Å². The molecule has 9 heteroatoms. The summed E-state index contributed by atoms with van der Waals surface area (Å²) in [5, 5.41) is 3.02. The number of rotatable bonds is 4. The van der Waals surface area contributed by atoms with Crippen LogP contribution in [0.4, 0.5) is 5.82 Å². The van der Waals surface area contributed by atoms with Crippen LogP contribution < -0.4 is 26.0 Å². The van der Waals surface area contributed by atoms with Crippen LogP contribution in [-0.2, 0) is 30.2 Å². The molecule has 1 aromatic heterocycles. The number of hydrogen-bond donors (Lipinski definition) is 1. The molecule has 2 atom stereocenters. The third-order valence-electron chi connectivity index (χ3n) is 6.23. The SMILES string of the molecule is C=C1Nc2c(c(=O)n(C)c(=O)n2C)C(c2ccc3c(c2)OCO3)C1C(=O)OCc1ccccc1. The minimum Gasteiger partial charge on any atom is -0.460 e. The molecule has 1 N–H and O–H groups in total. The highest BCUT2D eigenvalue weighted by Crippen LogP contribution is 2.45. The molecule has 174 valence electrons. The van der Waals surface area contributed by atoms with E-state index in [9.17, 15) is 14.4 Å². The molecule has 0 bridgehead atoms. The third kappa shape index (κ3) is 3.45. The predicted molar refractivity (Wildman–Crippen MR) is 124 cm³/mol. The molecule has 2 aromatic carbocycles. The molecular formula is C25H23N3O6. The van der Waals surface area contributed by atoms with Crippen molar-refractivity contribution in [3.63, 3.8) is 0 Å². The lowest BCUT2D eigenvalue weighted by Crippen LogP contribution is -2.46. The maximum atomic E-state index is 13.4. The first kappa shape index (κ1) is 21.6. The Hall–Kier alpha value is -4.27. The number of fused-ring (bicyclic) bond motifs is 2. The maximum Gasteiger partial charge on any atom is 0.332 e. The van der Waals surface area contributed by atoms with Gasteiger partial charge in [-0.2, -0.15) is 0 Å². The molecule has 0 aliphatic carbocycles. The molecule has 0 amide bonds. The fourth-order valence-corrected chi connectivity index (χ4v) is 4.46. The molecule has 3 aromatic rings. The number of anilines is 1. The standard InChI is InChI=1S/C25H23N3O6/c1-14-19(24(30)32-12-15-7-5-4-6-8-15)20(16-9-10-17-18(11-16)34-13-33-17)21-22(26-14)27(2)25(31)28(3)23(21)29/h4-11,19-20,26H,1,12-13H2,2-3H3. The zero-order valence-corrected chi connectivity index (χ0v) is 18.7. The van der Waals surface area contributed by atoms with E-state index < -0.39 is 29.1 Å². The van der Waals surface area contributed by atoms with E-state index in [0.717, 1.165) is 10.1 Å².